The summed E-state index contributed by atoms with van der Waals surface area (Å²) in [4.78, 5) is 41.5. The van der Waals surface area contributed by atoms with Crippen molar-refractivity contribution in [3.63, 3.8) is 0 Å². The number of amides is 1. The number of carbonyl (C=O) groups excluding carboxylic acids is 1. The number of rotatable bonds is 16. The van der Waals surface area contributed by atoms with E-state index in [2.05, 4.69) is 58.6 Å². The van der Waals surface area contributed by atoms with Crippen molar-refractivity contribution in [2.45, 2.75) is 164 Å². The standard InChI is InChI=1S/C43H70N2O6/c1-29(2)30-19-24-43(38(50)44-27-15-13-11-9-8-10-12-14-16-35(46)47)26-25-41(6)31(37(30)43)17-18-33-40(5)22-21-34(45-51-28-36(48)49)39(3,4)32(40)20-23-42(33,41)7/h30-33,37H,1,8-28H2,2-7H3,(H,44,50)(H,46,47)(H,48,49)/t30-,31+,32-,33?,37+,40-,41+,42+,43-/m0/s1. The van der Waals surface area contributed by atoms with Gasteiger partial charge in [0, 0.05) is 18.4 Å². The van der Waals surface area contributed by atoms with Crippen molar-refractivity contribution in [1.82, 2.24) is 5.32 Å². The van der Waals surface area contributed by atoms with Gasteiger partial charge in [-0.05, 0) is 130 Å². The molecule has 0 bridgehead atoms. The lowest BCUT2D eigenvalue weighted by Gasteiger charge is -2.72. The molecular formula is C43H70N2O6. The van der Waals surface area contributed by atoms with E-state index in [1.807, 2.05) is 0 Å². The molecule has 288 valence electrons. The summed E-state index contributed by atoms with van der Waals surface area (Å²) in [6.45, 7) is 19.5. The van der Waals surface area contributed by atoms with Crippen LogP contribution in [0.15, 0.2) is 17.3 Å². The van der Waals surface area contributed by atoms with Gasteiger partial charge >= 0.3 is 11.9 Å². The van der Waals surface area contributed by atoms with Gasteiger partial charge in [0.25, 0.3) is 0 Å². The fourth-order valence-corrected chi connectivity index (χ4v) is 13.5. The molecule has 5 saturated carbocycles. The molecule has 5 aliphatic rings. The zero-order chi connectivity index (χ0) is 37.2. The summed E-state index contributed by atoms with van der Waals surface area (Å²) in [6, 6.07) is 0. The lowest BCUT2D eigenvalue weighted by molar-refractivity contribution is -0.227. The number of nitrogens with zero attached hydrogens (tertiary/aromatic N) is 1. The maximum Gasteiger partial charge on any atom is 0.344 e. The summed E-state index contributed by atoms with van der Waals surface area (Å²) in [5.41, 5.74) is 2.36. The van der Waals surface area contributed by atoms with Gasteiger partial charge < -0.3 is 20.4 Å². The van der Waals surface area contributed by atoms with Gasteiger partial charge in [0.15, 0.2) is 0 Å². The third-order valence-corrected chi connectivity index (χ3v) is 16.3. The van der Waals surface area contributed by atoms with E-state index in [0.29, 0.717) is 35.5 Å². The summed E-state index contributed by atoms with van der Waals surface area (Å²) < 4.78 is 0. The van der Waals surface area contributed by atoms with Crippen LogP contribution in [0.4, 0.5) is 0 Å². The molecular weight excluding hydrogens is 640 g/mol. The fraction of sp³-hybridized carbons (Fsp3) is 0.860. The fourth-order valence-electron chi connectivity index (χ4n) is 13.5. The average molecular weight is 711 g/mol. The second-order valence-electron chi connectivity index (χ2n) is 19.0. The Hall–Kier alpha value is -2.38. The minimum absolute atomic E-state index is 0.149. The number of carboxylic acid groups (broad SMARTS) is 2. The molecule has 51 heavy (non-hydrogen) atoms. The van der Waals surface area contributed by atoms with Gasteiger partial charge in [-0.15, -0.1) is 0 Å². The van der Waals surface area contributed by atoms with Crippen LogP contribution < -0.4 is 5.32 Å². The van der Waals surface area contributed by atoms with Gasteiger partial charge in [-0.1, -0.05) is 90.5 Å². The van der Waals surface area contributed by atoms with Crippen molar-refractivity contribution < 1.29 is 29.4 Å². The van der Waals surface area contributed by atoms with Crippen LogP contribution >= 0.6 is 0 Å². The molecule has 1 unspecified atom stereocenters. The zero-order valence-electron chi connectivity index (χ0n) is 32.9. The van der Waals surface area contributed by atoms with Gasteiger partial charge in [0.2, 0.25) is 12.5 Å². The monoisotopic (exact) mass is 711 g/mol. The molecule has 3 N–H and O–H groups in total. The minimum Gasteiger partial charge on any atom is -0.481 e. The first-order valence-electron chi connectivity index (χ1n) is 20.6. The number of carboxylic acids is 2. The molecule has 5 fully saturated rings. The maximum atomic E-state index is 14.4. The summed E-state index contributed by atoms with van der Waals surface area (Å²) in [5.74, 6) is 0.953. The van der Waals surface area contributed by atoms with Crippen LogP contribution in [0.25, 0.3) is 0 Å². The molecule has 0 aliphatic heterocycles. The summed E-state index contributed by atoms with van der Waals surface area (Å²) in [5, 5.41) is 25.8. The van der Waals surface area contributed by atoms with Crippen LogP contribution in [0.5, 0.6) is 0 Å². The number of nitrogens with one attached hydrogen (secondary N) is 1. The summed E-state index contributed by atoms with van der Waals surface area (Å²) >= 11 is 0. The molecule has 0 saturated heterocycles. The second kappa shape index (κ2) is 15.5. The van der Waals surface area contributed by atoms with Crippen molar-refractivity contribution in [2.24, 2.45) is 61.8 Å². The summed E-state index contributed by atoms with van der Waals surface area (Å²) in [6.07, 6.45) is 19.6. The Kier molecular flexibility index (Phi) is 12.1. The van der Waals surface area contributed by atoms with E-state index in [-0.39, 0.29) is 33.5 Å². The Morgan fingerprint density at radius 1 is 0.784 bits per heavy atom. The highest BCUT2D eigenvalue weighted by atomic mass is 16.6. The molecule has 0 heterocycles. The van der Waals surface area contributed by atoms with E-state index in [0.717, 1.165) is 95.7 Å². The van der Waals surface area contributed by atoms with Gasteiger partial charge in [-0.25, -0.2) is 4.79 Å². The van der Waals surface area contributed by atoms with Crippen molar-refractivity contribution >= 4 is 23.6 Å². The highest BCUT2D eigenvalue weighted by Crippen LogP contribution is 2.77. The number of allylic oxidation sites excluding steroid dienone is 1. The molecule has 0 aromatic heterocycles. The highest BCUT2D eigenvalue weighted by Gasteiger charge is 2.71. The number of aliphatic carboxylic acids is 2. The molecule has 0 aromatic rings. The average Bonchev–Trinajstić information content (AvgIpc) is 3.46. The van der Waals surface area contributed by atoms with Gasteiger partial charge in [-0.2, -0.15) is 0 Å². The largest absolute Gasteiger partial charge is 0.481 e. The van der Waals surface area contributed by atoms with Crippen LogP contribution in [-0.2, 0) is 19.2 Å². The Morgan fingerprint density at radius 2 is 1.45 bits per heavy atom. The van der Waals surface area contributed by atoms with E-state index >= 15 is 0 Å². The van der Waals surface area contributed by atoms with E-state index < -0.39 is 18.5 Å². The molecule has 8 nitrogen and oxygen atoms in total. The molecule has 0 spiro atoms. The van der Waals surface area contributed by atoms with Gasteiger partial charge in [0.05, 0.1) is 11.1 Å². The predicted molar refractivity (Wildman–Crippen MR) is 202 cm³/mol. The topological polar surface area (TPSA) is 125 Å². The number of hydrogen-bond acceptors (Lipinski definition) is 5. The molecule has 5 rings (SSSR count). The molecule has 8 heteroatoms. The Balaban J connectivity index is 1.25. The first-order valence-corrected chi connectivity index (χ1v) is 20.6. The second-order valence-corrected chi connectivity index (χ2v) is 19.0. The number of oxime groups is 1. The molecule has 0 aromatic carbocycles. The van der Waals surface area contributed by atoms with Crippen molar-refractivity contribution in [3.8, 4) is 0 Å². The third-order valence-electron chi connectivity index (χ3n) is 16.3. The van der Waals surface area contributed by atoms with Crippen LogP contribution in [0.1, 0.15) is 164 Å². The third kappa shape index (κ3) is 7.29. The zero-order valence-corrected chi connectivity index (χ0v) is 32.9. The Labute approximate surface area is 308 Å². The van der Waals surface area contributed by atoms with Gasteiger partial charge in [0.1, 0.15) is 0 Å². The minimum atomic E-state index is -0.993. The predicted octanol–water partition coefficient (Wildman–Crippen LogP) is 9.81. The van der Waals surface area contributed by atoms with Crippen LogP contribution in [0, 0.1) is 56.7 Å². The van der Waals surface area contributed by atoms with Gasteiger partial charge in [-0.3, -0.25) is 9.59 Å². The van der Waals surface area contributed by atoms with E-state index in [1.54, 1.807) is 0 Å². The Morgan fingerprint density at radius 3 is 2.10 bits per heavy atom. The number of carbonyl (C=O) groups is 3. The lowest BCUT2D eigenvalue weighted by Crippen LogP contribution is -2.67. The quantitative estimate of drug-likeness (QED) is 0.0832. The first-order chi connectivity index (χ1) is 24.0. The lowest BCUT2D eigenvalue weighted by atomic mass is 9.32. The van der Waals surface area contributed by atoms with Crippen LogP contribution in [-0.4, -0.2) is 46.9 Å². The van der Waals surface area contributed by atoms with Crippen molar-refractivity contribution in [2.75, 3.05) is 13.2 Å². The number of unbranched alkanes of at least 4 members (excludes halogenated alkanes) is 7. The van der Waals surface area contributed by atoms with Crippen LogP contribution in [0.3, 0.4) is 0 Å². The molecule has 1 amide bonds. The van der Waals surface area contributed by atoms with Crippen molar-refractivity contribution in [1.29, 1.82) is 0 Å². The number of fused-ring (bicyclic) bond motifs is 7. The van der Waals surface area contributed by atoms with Crippen molar-refractivity contribution in [3.05, 3.63) is 12.2 Å². The molecule has 9 atom stereocenters. The first kappa shape index (κ1) is 39.8. The van der Waals surface area contributed by atoms with E-state index in [1.165, 1.54) is 37.7 Å². The SMILES string of the molecule is C=C(C)[C@@H]1CC[C@]2(C(=O)NCCCCCCCCCCC(=O)O)CC[C@]3(C)[C@H](CCC4[C@@]5(C)CCC(=NOCC(=O)O)C(C)(C)[C@@H]5CC[C@]43C)[C@@H]12. The number of hydrogen-bond donors (Lipinski definition) is 3. The Bertz CT molecular complexity index is 1340. The van der Waals surface area contributed by atoms with Crippen LogP contribution in [0.2, 0.25) is 0 Å². The van der Waals surface area contributed by atoms with E-state index in [4.69, 9.17) is 15.1 Å². The molecule has 5 aliphatic carbocycles. The highest BCUT2D eigenvalue weighted by molar-refractivity contribution is 5.90. The van der Waals surface area contributed by atoms with E-state index in [9.17, 15) is 14.4 Å². The normalized spacial score (nSPS) is 38.9. The maximum absolute atomic E-state index is 14.4. The summed E-state index contributed by atoms with van der Waals surface area (Å²) in [7, 11) is 0. The molecule has 0 radical (unpaired) electrons. The smallest absolute Gasteiger partial charge is 0.344 e.